The number of fused-ring (bicyclic) bond motifs is 1. The van der Waals surface area contributed by atoms with Crippen LogP contribution in [0.15, 0.2) is 24.3 Å². The van der Waals surface area contributed by atoms with Gasteiger partial charge >= 0.3 is 5.97 Å². The lowest BCUT2D eigenvalue weighted by atomic mass is 9.84. The van der Waals surface area contributed by atoms with E-state index in [2.05, 4.69) is 5.32 Å². The van der Waals surface area contributed by atoms with Crippen molar-refractivity contribution >= 4 is 23.5 Å². The van der Waals surface area contributed by atoms with Crippen molar-refractivity contribution in [1.29, 1.82) is 0 Å². The third kappa shape index (κ3) is 3.88. The maximum absolute atomic E-state index is 12.5. The predicted octanol–water partition coefficient (Wildman–Crippen LogP) is 1.53. The lowest BCUT2D eigenvalue weighted by molar-refractivity contribution is -0.124. The molecule has 3 N–H and O–H groups in total. The summed E-state index contributed by atoms with van der Waals surface area (Å²) in [6.45, 7) is 0.122. The van der Waals surface area contributed by atoms with Gasteiger partial charge in [-0.2, -0.15) is 0 Å². The number of anilines is 1. The maximum Gasteiger partial charge on any atom is 0.337 e. The summed E-state index contributed by atoms with van der Waals surface area (Å²) in [5, 5.41) is 2.80. The van der Waals surface area contributed by atoms with E-state index in [0.717, 1.165) is 25.7 Å². The Morgan fingerprint density at radius 1 is 1.27 bits per heavy atom. The van der Waals surface area contributed by atoms with Crippen molar-refractivity contribution in [3.8, 4) is 0 Å². The largest absolute Gasteiger partial charge is 0.465 e. The van der Waals surface area contributed by atoms with Gasteiger partial charge in [0.25, 0.3) is 0 Å². The first-order chi connectivity index (χ1) is 12.5. The minimum absolute atomic E-state index is 0.122. The molecule has 7 heteroatoms. The Morgan fingerprint density at radius 3 is 2.77 bits per heavy atom. The van der Waals surface area contributed by atoms with Crippen LogP contribution in [0, 0.1) is 5.92 Å². The first-order valence-electron chi connectivity index (χ1n) is 9.03. The zero-order valence-corrected chi connectivity index (χ0v) is 14.9. The van der Waals surface area contributed by atoms with Gasteiger partial charge in [0.05, 0.1) is 25.3 Å². The number of hydrogen-bond acceptors (Lipinski definition) is 5. The highest BCUT2D eigenvalue weighted by molar-refractivity contribution is 5.95. The summed E-state index contributed by atoms with van der Waals surface area (Å²) in [6.07, 6.45) is 5.12. The number of likely N-dealkylation sites (tertiary alicyclic amines) is 1. The molecule has 1 aliphatic carbocycles. The molecule has 26 heavy (non-hydrogen) atoms. The molecule has 0 spiro atoms. The zero-order chi connectivity index (χ0) is 18.7. The molecule has 0 radical (unpaired) electrons. The molecule has 2 fully saturated rings. The minimum Gasteiger partial charge on any atom is -0.465 e. The molecule has 1 saturated carbocycles. The van der Waals surface area contributed by atoms with E-state index in [1.807, 2.05) is 4.90 Å². The summed E-state index contributed by atoms with van der Waals surface area (Å²) in [4.78, 5) is 38.0. The number of ether oxygens (including phenoxy) is 1. The van der Waals surface area contributed by atoms with Crippen LogP contribution in [0.4, 0.5) is 5.69 Å². The van der Waals surface area contributed by atoms with Gasteiger partial charge in [0.15, 0.2) is 0 Å². The lowest BCUT2D eigenvalue weighted by Gasteiger charge is -2.32. The van der Waals surface area contributed by atoms with Gasteiger partial charge in [0.2, 0.25) is 11.8 Å². The molecule has 7 nitrogen and oxygen atoms in total. The molecule has 1 heterocycles. The molecule has 3 atom stereocenters. The van der Waals surface area contributed by atoms with Crippen LogP contribution in [-0.4, -0.2) is 48.4 Å². The van der Waals surface area contributed by atoms with Gasteiger partial charge in [-0.15, -0.1) is 0 Å². The topological polar surface area (TPSA) is 102 Å². The van der Waals surface area contributed by atoms with E-state index in [0.29, 0.717) is 17.2 Å². The van der Waals surface area contributed by atoms with E-state index >= 15 is 0 Å². The second-order valence-corrected chi connectivity index (χ2v) is 7.06. The highest BCUT2D eigenvalue weighted by Crippen LogP contribution is 2.39. The van der Waals surface area contributed by atoms with Crippen LogP contribution < -0.4 is 11.1 Å². The van der Waals surface area contributed by atoms with E-state index in [1.165, 1.54) is 13.5 Å². The fraction of sp³-hybridized carbons (Fsp3) is 0.526. The molecule has 1 saturated heterocycles. The highest BCUT2D eigenvalue weighted by atomic mass is 16.5. The van der Waals surface area contributed by atoms with Crippen LogP contribution in [-0.2, 0) is 14.3 Å². The van der Waals surface area contributed by atoms with Crippen LogP contribution in [0.5, 0.6) is 0 Å². The quantitative estimate of drug-likeness (QED) is 0.776. The molecule has 0 bridgehead atoms. The first-order valence-corrected chi connectivity index (χ1v) is 9.03. The Labute approximate surface area is 152 Å². The van der Waals surface area contributed by atoms with Crippen LogP contribution in [0.3, 0.4) is 0 Å². The summed E-state index contributed by atoms with van der Waals surface area (Å²) >= 11 is 0. The molecule has 0 unspecified atom stereocenters. The number of carbonyl (C=O) groups excluding carboxylic acids is 3. The lowest BCUT2D eigenvalue weighted by Crippen LogP contribution is -2.48. The van der Waals surface area contributed by atoms with Gasteiger partial charge in [-0.1, -0.05) is 18.9 Å². The van der Waals surface area contributed by atoms with Gasteiger partial charge in [-0.05, 0) is 43.4 Å². The zero-order valence-electron chi connectivity index (χ0n) is 14.9. The second kappa shape index (κ2) is 7.86. The number of rotatable bonds is 5. The third-order valence-corrected chi connectivity index (χ3v) is 5.44. The standard InChI is InChI=1S/C19H25N3O4/c1-26-19(25)13-6-4-7-14(9-13)21-17(23)11-22-15-8-3-2-5-12(15)10-16(22)18(20)24/h4,6-7,9,12,15-16H,2-3,5,8,10-11H2,1H3,(H2,20,24)(H,21,23)/t12-,15-,16-/m0/s1. The normalized spacial score (nSPS) is 25.3. The molecule has 140 valence electrons. The molecular formula is C19H25N3O4. The number of primary amides is 1. The fourth-order valence-electron chi connectivity index (χ4n) is 4.27. The Kier molecular flexibility index (Phi) is 5.56. The number of carbonyl (C=O) groups is 3. The van der Waals surface area contributed by atoms with Gasteiger partial charge in [-0.3, -0.25) is 14.5 Å². The van der Waals surface area contributed by atoms with Crippen molar-refractivity contribution in [2.24, 2.45) is 11.7 Å². The number of esters is 1. The summed E-state index contributed by atoms with van der Waals surface area (Å²) in [6, 6.07) is 6.45. The Morgan fingerprint density at radius 2 is 2.04 bits per heavy atom. The van der Waals surface area contributed by atoms with Crippen molar-refractivity contribution in [1.82, 2.24) is 4.90 Å². The van der Waals surface area contributed by atoms with Crippen molar-refractivity contribution in [3.05, 3.63) is 29.8 Å². The molecule has 1 aromatic rings. The number of nitrogens with zero attached hydrogens (tertiary/aromatic N) is 1. The minimum atomic E-state index is -0.459. The molecule has 2 amide bonds. The van der Waals surface area contributed by atoms with Gasteiger partial charge in [-0.25, -0.2) is 4.79 Å². The molecule has 3 rings (SSSR count). The van der Waals surface area contributed by atoms with E-state index in [9.17, 15) is 14.4 Å². The molecule has 0 aromatic heterocycles. The van der Waals surface area contributed by atoms with Gasteiger partial charge < -0.3 is 15.8 Å². The van der Waals surface area contributed by atoms with Crippen molar-refractivity contribution < 1.29 is 19.1 Å². The van der Waals surface area contributed by atoms with Crippen LogP contribution in [0.25, 0.3) is 0 Å². The average molecular weight is 359 g/mol. The number of amides is 2. The summed E-state index contributed by atoms with van der Waals surface area (Å²) in [5.74, 6) is -0.597. The number of benzene rings is 1. The number of hydrogen-bond donors (Lipinski definition) is 2. The monoisotopic (exact) mass is 359 g/mol. The van der Waals surface area contributed by atoms with Crippen LogP contribution >= 0.6 is 0 Å². The molecule has 1 aliphatic heterocycles. The SMILES string of the molecule is COC(=O)c1cccc(NC(=O)CN2[C@H](C(N)=O)C[C@@H]3CCCC[C@@H]32)c1. The molecular weight excluding hydrogens is 334 g/mol. The van der Waals surface area contributed by atoms with Crippen molar-refractivity contribution in [3.63, 3.8) is 0 Å². The number of nitrogens with one attached hydrogen (secondary N) is 1. The number of nitrogens with two attached hydrogens (primary N) is 1. The fourth-order valence-corrected chi connectivity index (χ4v) is 4.27. The maximum atomic E-state index is 12.5. The molecule has 1 aromatic carbocycles. The van der Waals surface area contributed by atoms with E-state index in [1.54, 1.807) is 24.3 Å². The number of methoxy groups -OCH3 is 1. The van der Waals surface area contributed by atoms with E-state index in [-0.39, 0.29) is 30.4 Å². The first kappa shape index (κ1) is 18.4. The average Bonchev–Trinajstić information content (AvgIpc) is 3.00. The summed E-state index contributed by atoms with van der Waals surface area (Å²) in [7, 11) is 1.31. The van der Waals surface area contributed by atoms with Crippen LogP contribution in [0.2, 0.25) is 0 Å². The Balaban J connectivity index is 1.68. The van der Waals surface area contributed by atoms with E-state index in [4.69, 9.17) is 10.5 Å². The third-order valence-electron chi connectivity index (χ3n) is 5.44. The summed E-state index contributed by atoms with van der Waals surface area (Å²) < 4.78 is 4.69. The smallest absolute Gasteiger partial charge is 0.337 e. The van der Waals surface area contributed by atoms with Crippen molar-refractivity contribution in [2.75, 3.05) is 19.0 Å². The highest BCUT2D eigenvalue weighted by Gasteiger charge is 2.44. The van der Waals surface area contributed by atoms with Crippen molar-refractivity contribution in [2.45, 2.75) is 44.2 Å². The Bertz CT molecular complexity index is 706. The summed E-state index contributed by atoms with van der Waals surface area (Å²) in [5.41, 5.74) is 6.47. The van der Waals surface area contributed by atoms with E-state index < -0.39 is 5.97 Å². The second-order valence-electron chi connectivity index (χ2n) is 7.06. The van der Waals surface area contributed by atoms with Gasteiger partial charge in [0.1, 0.15) is 0 Å². The Hall–Kier alpha value is -2.41. The van der Waals surface area contributed by atoms with Gasteiger partial charge in [0, 0.05) is 11.7 Å². The molecule has 2 aliphatic rings. The van der Waals surface area contributed by atoms with Crippen LogP contribution in [0.1, 0.15) is 42.5 Å². The predicted molar refractivity (Wildman–Crippen MR) is 96.5 cm³/mol.